The first-order valence-corrected chi connectivity index (χ1v) is 6.85. The molecule has 0 saturated heterocycles. The number of methoxy groups -OCH3 is 1. The zero-order valence-corrected chi connectivity index (χ0v) is 12.3. The van der Waals surface area contributed by atoms with Gasteiger partial charge in [0.25, 0.3) is 0 Å². The summed E-state index contributed by atoms with van der Waals surface area (Å²) in [5.74, 6) is 0.534. The van der Waals surface area contributed by atoms with Crippen molar-refractivity contribution in [2.24, 2.45) is 0 Å². The van der Waals surface area contributed by atoms with Crippen LogP contribution >= 0.6 is 0 Å². The van der Waals surface area contributed by atoms with Crippen molar-refractivity contribution in [2.75, 3.05) is 13.7 Å². The zero-order valence-electron chi connectivity index (χ0n) is 12.3. The number of carbonyl (C=O) groups is 1. The fourth-order valence-corrected chi connectivity index (χ4v) is 1.73. The van der Waals surface area contributed by atoms with Crippen molar-refractivity contribution in [1.29, 1.82) is 0 Å². The Hall–Kier alpha value is -1.81. The van der Waals surface area contributed by atoms with Crippen LogP contribution in [0, 0.1) is 0 Å². The second kappa shape index (κ2) is 7.70. The van der Waals surface area contributed by atoms with E-state index in [0.29, 0.717) is 12.8 Å². The number of aliphatic hydroxyl groups is 1. The Morgan fingerprint density at radius 3 is 2.70 bits per heavy atom. The number of hydrogen-bond donors (Lipinski definition) is 2. The summed E-state index contributed by atoms with van der Waals surface area (Å²) in [6, 6.07) is 7.45. The Morgan fingerprint density at radius 1 is 1.40 bits per heavy atom. The van der Waals surface area contributed by atoms with Crippen molar-refractivity contribution in [3.8, 4) is 5.75 Å². The topological polar surface area (TPSA) is 58.6 Å². The predicted octanol–water partition coefficient (Wildman–Crippen LogP) is 2.38. The van der Waals surface area contributed by atoms with E-state index in [4.69, 9.17) is 4.74 Å². The first-order chi connectivity index (χ1) is 9.53. The molecule has 0 radical (unpaired) electrons. The van der Waals surface area contributed by atoms with Crippen LogP contribution in [0.1, 0.15) is 32.3 Å². The summed E-state index contributed by atoms with van der Waals surface area (Å²) in [5, 5.41) is 12.8. The molecule has 0 fully saturated rings. The Kier molecular flexibility index (Phi) is 6.25. The highest BCUT2D eigenvalue weighted by Crippen LogP contribution is 2.14. The molecule has 0 spiro atoms. The van der Waals surface area contributed by atoms with Gasteiger partial charge < -0.3 is 15.2 Å². The molecule has 0 atom stereocenters. The van der Waals surface area contributed by atoms with Crippen molar-refractivity contribution in [1.82, 2.24) is 5.32 Å². The third-order valence-corrected chi connectivity index (χ3v) is 3.43. The average molecular weight is 277 g/mol. The van der Waals surface area contributed by atoms with Gasteiger partial charge in [-0.05, 0) is 36.6 Å². The third-order valence-electron chi connectivity index (χ3n) is 3.43. The van der Waals surface area contributed by atoms with Crippen LogP contribution in [0.5, 0.6) is 5.75 Å². The lowest BCUT2D eigenvalue weighted by Gasteiger charge is -2.24. The monoisotopic (exact) mass is 277 g/mol. The highest BCUT2D eigenvalue weighted by molar-refractivity contribution is 5.91. The molecule has 0 aliphatic heterocycles. The highest BCUT2D eigenvalue weighted by atomic mass is 16.5. The first-order valence-electron chi connectivity index (χ1n) is 6.85. The van der Waals surface area contributed by atoms with E-state index in [1.807, 2.05) is 38.1 Å². The molecular weight excluding hydrogens is 254 g/mol. The highest BCUT2D eigenvalue weighted by Gasteiger charge is 2.22. The summed E-state index contributed by atoms with van der Waals surface area (Å²) in [6.07, 6.45) is 4.40. The lowest BCUT2D eigenvalue weighted by molar-refractivity contribution is -0.117. The van der Waals surface area contributed by atoms with Crippen LogP contribution in [0.4, 0.5) is 0 Å². The predicted molar refractivity (Wildman–Crippen MR) is 80.6 cm³/mol. The normalized spacial score (nSPS) is 11.6. The minimum Gasteiger partial charge on any atom is -0.497 e. The summed E-state index contributed by atoms with van der Waals surface area (Å²) in [5.41, 5.74) is 0.0696. The maximum absolute atomic E-state index is 11.7. The van der Waals surface area contributed by atoms with Crippen LogP contribution in [0.2, 0.25) is 0 Å². The molecule has 2 N–H and O–H groups in total. The number of carbonyl (C=O) groups excluding carboxylic acids is 1. The molecule has 4 heteroatoms. The van der Waals surface area contributed by atoms with E-state index in [9.17, 15) is 9.90 Å². The average Bonchev–Trinajstić information content (AvgIpc) is 2.50. The number of benzene rings is 1. The van der Waals surface area contributed by atoms with Crippen LogP contribution in [0.15, 0.2) is 30.3 Å². The first kappa shape index (κ1) is 16.2. The summed E-state index contributed by atoms with van der Waals surface area (Å²) in [4.78, 5) is 11.7. The van der Waals surface area contributed by atoms with Gasteiger partial charge in [0.1, 0.15) is 5.75 Å². The lowest BCUT2D eigenvalue weighted by Crippen LogP contribution is -2.41. The number of rotatable bonds is 7. The van der Waals surface area contributed by atoms with Crippen LogP contribution in [0.3, 0.4) is 0 Å². The van der Waals surface area contributed by atoms with E-state index in [1.54, 1.807) is 13.2 Å². The third kappa shape index (κ3) is 5.05. The summed E-state index contributed by atoms with van der Waals surface area (Å²) in [7, 11) is 1.60. The number of ether oxygens (including phenoxy) is 1. The van der Waals surface area contributed by atoms with Gasteiger partial charge in [-0.3, -0.25) is 4.79 Å². The van der Waals surface area contributed by atoms with Gasteiger partial charge in [-0.2, -0.15) is 0 Å². The Labute approximate surface area is 120 Å². The Bertz CT molecular complexity index is 465. The maximum Gasteiger partial charge on any atom is 0.244 e. The molecule has 1 amide bonds. The second-order valence-corrected chi connectivity index (χ2v) is 4.76. The molecule has 1 aromatic rings. The molecule has 0 saturated carbocycles. The van der Waals surface area contributed by atoms with Crippen molar-refractivity contribution < 1.29 is 14.6 Å². The summed E-state index contributed by atoms with van der Waals surface area (Å²) in [6.45, 7) is 4.07. The molecule has 0 heterocycles. The van der Waals surface area contributed by atoms with Gasteiger partial charge in [-0.15, -0.1) is 0 Å². The van der Waals surface area contributed by atoms with Gasteiger partial charge in [0.15, 0.2) is 0 Å². The van der Waals surface area contributed by atoms with Gasteiger partial charge in [0, 0.05) is 12.6 Å². The zero-order chi connectivity index (χ0) is 15.0. The summed E-state index contributed by atoms with van der Waals surface area (Å²) >= 11 is 0. The van der Waals surface area contributed by atoms with E-state index < -0.39 is 5.60 Å². The van der Waals surface area contributed by atoms with Crippen molar-refractivity contribution in [3.05, 3.63) is 35.9 Å². The molecular formula is C16H23NO3. The molecule has 0 unspecified atom stereocenters. The molecule has 110 valence electrons. The van der Waals surface area contributed by atoms with Gasteiger partial charge >= 0.3 is 0 Å². The van der Waals surface area contributed by atoms with Gasteiger partial charge in [0.2, 0.25) is 5.91 Å². The number of amides is 1. The maximum atomic E-state index is 11.7. The smallest absolute Gasteiger partial charge is 0.244 e. The van der Waals surface area contributed by atoms with E-state index in [-0.39, 0.29) is 12.5 Å². The van der Waals surface area contributed by atoms with Gasteiger partial charge in [0.05, 0.1) is 12.7 Å². The van der Waals surface area contributed by atoms with Gasteiger partial charge in [-0.25, -0.2) is 0 Å². The Balaban J connectivity index is 2.55. The van der Waals surface area contributed by atoms with E-state index >= 15 is 0 Å². The van der Waals surface area contributed by atoms with Gasteiger partial charge in [-0.1, -0.05) is 26.0 Å². The van der Waals surface area contributed by atoms with Crippen molar-refractivity contribution in [3.63, 3.8) is 0 Å². The molecule has 0 aliphatic rings. The number of hydrogen-bond acceptors (Lipinski definition) is 3. The van der Waals surface area contributed by atoms with Crippen LogP contribution < -0.4 is 10.1 Å². The van der Waals surface area contributed by atoms with Crippen molar-refractivity contribution in [2.45, 2.75) is 32.3 Å². The fourth-order valence-electron chi connectivity index (χ4n) is 1.73. The molecule has 4 nitrogen and oxygen atoms in total. The van der Waals surface area contributed by atoms with Crippen LogP contribution in [-0.2, 0) is 4.79 Å². The largest absolute Gasteiger partial charge is 0.497 e. The standard InChI is InChI=1S/C16H23NO3/c1-4-16(19,5-2)12-17-15(18)10-9-13-7-6-8-14(11-13)20-3/h6-11,19H,4-5,12H2,1-3H3,(H,17,18). The second-order valence-electron chi connectivity index (χ2n) is 4.76. The molecule has 1 rings (SSSR count). The minimum atomic E-state index is -0.820. The van der Waals surface area contributed by atoms with Crippen molar-refractivity contribution >= 4 is 12.0 Å². The van der Waals surface area contributed by atoms with E-state index in [2.05, 4.69) is 5.32 Å². The molecule has 1 aromatic carbocycles. The Morgan fingerprint density at radius 2 is 2.10 bits per heavy atom. The fraction of sp³-hybridized carbons (Fsp3) is 0.438. The molecule has 0 aromatic heterocycles. The summed E-state index contributed by atoms with van der Waals surface area (Å²) < 4.78 is 5.12. The quantitative estimate of drug-likeness (QED) is 0.752. The van der Waals surface area contributed by atoms with Crippen LogP contribution in [0.25, 0.3) is 6.08 Å². The number of nitrogens with one attached hydrogen (secondary N) is 1. The van der Waals surface area contributed by atoms with E-state index in [1.165, 1.54) is 6.08 Å². The molecule has 20 heavy (non-hydrogen) atoms. The minimum absolute atomic E-state index is 0.215. The van der Waals surface area contributed by atoms with Crippen LogP contribution in [-0.4, -0.2) is 30.3 Å². The molecule has 0 bridgehead atoms. The molecule has 0 aliphatic carbocycles. The lowest BCUT2D eigenvalue weighted by atomic mass is 9.98. The SMILES string of the molecule is CCC(O)(CC)CNC(=O)C=Cc1cccc(OC)c1. The van der Waals surface area contributed by atoms with E-state index in [0.717, 1.165) is 11.3 Å².